The first-order valence-electron chi connectivity index (χ1n) is 5.07. The Morgan fingerprint density at radius 3 is 2.79 bits per heavy atom. The zero-order valence-corrected chi connectivity index (χ0v) is 10.9. The van der Waals surface area contributed by atoms with Crippen LogP contribution in [-0.2, 0) is 0 Å². The first-order chi connectivity index (χ1) is 8.99. The van der Waals surface area contributed by atoms with Crippen molar-refractivity contribution >= 4 is 33.2 Å². The van der Waals surface area contributed by atoms with E-state index < -0.39 is 28.0 Å². The van der Waals surface area contributed by atoms with Crippen LogP contribution in [0.1, 0.15) is 10.5 Å². The Labute approximate surface area is 114 Å². The van der Waals surface area contributed by atoms with E-state index in [1.54, 1.807) is 0 Å². The summed E-state index contributed by atoms with van der Waals surface area (Å²) in [7, 11) is 0. The molecule has 1 aromatic heterocycles. The average molecular weight is 328 g/mol. The summed E-state index contributed by atoms with van der Waals surface area (Å²) in [4.78, 5) is 24.5. The van der Waals surface area contributed by atoms with Gasteiger partial charge in [0.25, 0.3) is 11.6 Å². The van der Waals surface area contributed by atoms with Crippen molar-refractivity contribution in [3.05, 3.63) is 56.6 Å². The molecule has 0 fully saturated rings. The van der Waals surface area contributed by atoms with Crippen LogP contribution in [0.25, 0.3) is 0 Å². The largest absolute Gasteiger partial charge is 0.356 e. The van der Waals surface area contributed by atoms with Crippen molar-refractivity contribution in [3.8, 4) is 0 Å². The highest BCUT2D eigenvalue weighted by Gasteiger charge is 2.20. The van der Waals surface area contributed by atoms with Crippen LogP contribution in [0.5, 0.6) is 0 Å². The molecule has 1 amide bonds. The fourth-order valence-corrected chi connectivity index (χ4v) is 1.81. The van der Waals surface area contributed by atoms with Gasteiger partial charge in [0.05, 0.1) is 4.92 Å². The number of hydrogen-bond donors (Lipinski definition) is 2. The van der Waals surface area contributed by atoms with Gasteiger partial charge in [0.15, 0.2) is 11.5 Å². The Bertz CT molecular complexity index is 656. The Hall–Kier alpha value is -2.22. The number of nitro groups is 1. The summed E-state index contributed by atoms with van der Waals surface area (Å²) in [5.41, 5.74) is -0.799. The minimum Gasteiger partial charge on any atom is -0.356 e. The Morgan fingerprint density at radius 2 is 2.21 bits per heavy atom. The molecule has 0 aliphatic carbocycles. The highest BCUT2D eigenvalue weighted by Crippen LogP contribution is 2.27. The molecule has 8 heteroatoms. The number of aromatic amines is 1. The molecule has 0 saturated heterocycles. The van der Waals surface area contributed by atoms with Gasteiger partial charge in [-0.25, -0.2) is 4.39 Å². The van der Waals surface area contributed by atoms with E-state index in [1.165, 1.54) is 18.3 Å². The van der Waals surface area contributed by atoms with E-state index in [4.69, 9.17) is 0 Å². The van der Waals surface area contributed by atoms with Crippen molar-refractivity contribution in [3.63, 3.8) is 0 Å². The van der Waals surface area contributed by atoms with Crippen molar-refractivity contribution in [2.24, 2.45) is 0 Å². The molecule has 6 nitrogen and oxygen atoms in total. The lowest BCUT2D eigenvalue weighted by molar-refractivity contribution is -0.384. The normalized spacial score (nSPS) is 10.2. The molecule has 1 heterocycles. The van der Waals surface area contributed by atoms with Crippen LogP contribution in [0.3, 0.4) is 0 Å². The summed E-state index contributed by atoms with van der Waals surface area (Å²) in [5, 5.41) is 13.0. The first kappa shape index (κ1) is 13.2. The van der Waals surface area contributed by atoms with E-state index in [1.807, 2.05) is 0 Å². The molecular formula is C11H7BrFN3O3. The molecule has 0 spiro atoms. The molecule has 0 unspecified atom stereocenters. The molecule has 2 aromatic rings. The quantitative estimate of drug-likeness (QED) is 0.670. The van der Waals surface area contributed by atoms with Crippen LogP contribution in [0.2, 0.25) is 0 Å². The smallest absolute Gasteiger partial charge is 0.295 e. The van der Waals surface area contributed by atoms with Gasteiger partial charge in [0, 0.05) is 16.7 Å². The maximum atomic E-state index is 13.6. The fraction of sp³-hybridized carbons (Fsp3) is 0. The van der Waals surface area contributed by atoms with Crippen LogP contribution >= 0.6 is 15.9 Å². The van der Waals surface area contributed by atoms with Crippen molar-refractivity contribution in [2.45, 2.75) is 0 Å². The topological polar surface area (TPSA) is 88.0 Å². The third-order valence-electron chi connectivity index (χ3n) is 2.32. The number of aromatic nitrogens is 1. The lowest BCUT2D eigenvalue weighted by Crippen LogP contribution is -2.14. The highest BCUT2D eigenvalue weighted by molar-refractivity contribution is 9.10. The standard InChI is InChI=1S/C11H7BrFN3O3/c12-6-4-8(14-5-6)11(17)15-10-7(13)2-1-3-9(10)16(18)19/h1-5,14H,(H,15,17). The predicted molar refractivity (Wildman–Crippen MR) is 69.5 cm³/mol. The van der Waals surface area contributed by atoms with Gasteiger partial charge in [-0.2, -0.15) is 0 Å². The second kappa shape index (κ2) is 5.19. The molecule has 0 aliphatic rings. The van der Waals surface area contributed by atoms with Gasteiger partial charge in [-0.05, 0) is 28.1 Å². The number of carbonyl (C=O) groups is 1. The summed E-state index contributed by atoms with van der Waals surface area (Å²) in [6.07, 6.45) is 1.52. The molecule has 98 valence electrons. The number of amides is 1. The number of carbonyl (C=O) groups excluding carboxylic acids is 1. The van der Waals surface area contributed by atoms with Gasteiger partial charge in [-0.15, -0.1) is 0 Å². The van der Waals surface area contributed by atoms with Crippen LogP contribution in [0, 0.1) is 15.9 Å². The highest BCUT2D eigenvalue weighted by atomic mass is 79.9. The lowest BCUT2D eigenvalue weighted by atomic mass is 10.2. The number of hydrogen-bond acceptors (Lipinski definition) is 3. The summed E-state index contributed by atoms with van der Waals surface area (Å²) in [6.45, 7) is 0. The molecule has 2 N–H and O–H groups in total. The zero-order valence-electron chi connectivity index (χ0n) is 9.31. The molecule has 0 bridgehead atoms. The van der Waals surface area contributed by atoms with E-state index in [-0.39, 0.29) is 5.69 Å². The number of halogens is 2. The minimum absolute atomic E-state index is 0.157. The predicted octanol–water partition coefficient (Wildman–Crippen LogP) is 3.08. The van der Waals surface area contributed by atoms with Gasteiger partial charge in [0.2, 0.25) is 0 Å². The number of H-pyrrole nitrogens is 1. The number of anilines is 1. The molecule has 2 rings (SSSR count). The number of rotatable bonds is 3. The Balaban J connectivity index is 2.33. The molecule has 0 saturated carbocycles. The van der Waals surface area contributed by atoms with Gasteiger partial charge >= 0.3 is 0 Å². The lowest BCUT2D eigenvalue weighted by Gasteiger charge is -2.05. The van der Waals surface area contributed by atoms with Crippen LogP contribution in [-0.4, -0.2) is 15.8 Å². The Morgan fingerprint density at radius 1 is 1.47 bits per heavy atom. The summed E-state index contributed by atoms with van der Waals surface area (Å²) < 4.78 is 14.2. The number of benzene rings is 1. The SMILES string of the molecule is O=C(Nc1c(F)cccc1[N+](=O)[O-])c1cc(Br)c[nH]1. The molecule has 0 atom stereocenters. The summed E-state index contributed by atoms with van der Waals surface area (Å²) in [6, 6.07) is 4.83. The summed E-state index contributed by atoms with van der Waals surface area (Å²) >= 11 is 3.14. The van der Waals surface area contributed by atoms with E-state index in [9.17, 15) is 19.3 Å². The van der Waals surface area contributed by atoms with Crippen molar-refractivity contribution < 1.29 is 14.1 Å². The number of para-hydroxylation sites is 1. The third kappa shape index (κ3) is 2.79. The van der Waals surface area contributed by atoms with Gasteiger partial charge < -0.3 is 10.3 Å². The molecule has 0 radical (unpaired) electrons. The van der Waals surface area contributed by atoms with E-state index in [0.717, 1.165) is 12.1 Å². The van der Waals surface area contributed by atoms with Gasteiger partial charge in [-0.1, -0.05) is 6.07 Å². The Kier molecular flexibility index (Phi) is 3.61. The maximum Gasteiger partial charge on any atom is 0.295 e. The van der Waals surface area contributed by atoms with Crippen LogP contribution < -0.4 is 5.32 Å². The molecule has 1 aromatic carbocycles. The van der Waals surface area contributed by atoms with E-state index in [2.05, 4.69) is 26.2 Å². The average Bonchev–Trinajstić information content (AvgIpc) is 2.78. The second-order valence-corrected chi connectivity index (χ2v) is 4.49. The third-order valence-corrected chi connectivity index (χ3v) is 2.78. The van der Waals surface area contributed by atoms with Crippen LogP contribution in [0.4, 0.5) is 15.8 Å². The second-order valence-electron chi connectivity index (χ2n) is 3.58. The van der Waals surface area contributed by atoms with E-state index in [0.29, 0.717) is 4.47 Å². The van der Waals surface area contributed by atoms with E-state index >= 15 is 0 Å². The molecular weight excluding hydrogens is 321 g/mol. The van der Waals surface area contributed by atoms with Gasteiger partial charge in [0.1, 0.15) is 5.69 Å². The monoisotopic (exact) mass is 327 g/mol. The fourth-order valence-electron chi connectivity index (χ4n) is 1.47. The summed E-state index contributed by atoms with van der Waals surface area (Å²) in [5.74, 6) is -1.54. The number of nitrogens with zero attached hydrogens (tertiary/aromatic N) is 1. The first-order valence-corrected chi connectivity index (χ1v) is 5.86. The number of nitro benzene ring substituents is 1. The molecule has 19 heavy (non-hydrogen) atoms. The maximum absolute atomic E-state index is 13.6. The van der Waals surface area contributed by atoms with Gasteiger partial charge in [-0.3, -0.25) is 14.9 Å². The van der Waals surface area contributed by atoms with Crippen molar-refractivity contribution in [2.75, 3.05) is 5.32 Å². The minimum atomic E-state index is -0.867. The molecule has 0 aliphatic heterocycles. The van der Waals surface area contributed by atoms with Crippen molar-refractivity contribution in [1.82, 2.24) is 4.98 Å². The zero-order chi connectivity index (χ0) is 14.0. The number of nitrogens with one attached hydrogen (secondary N) is 2. The van der Waals surface area contributed by atoms with Crippen molar-refractivity contribution in [1.29, 1.82) is 0 Å². The van der Waals surface area contributed by atoms with Crippen LogP contribution in [0.15, 0.2) is 34.9 Å².